The lowest BCUT2D eigenvalue weighted by Gasteiger charge is -2.01. The molecule has 2 aromatic rings. The van der Waals surface area contributed by atoms with Crippen molar-refractivity contribution in [2.24, 2.45) is 4.99 Å². The Labute approximate surface area is 116 Å². The first kappa shape index (κ1) is 13.4. The van der Waals surface area contributed by atoms with E-state index in [0.29, 0.717) is 11.3 Å². The van der Waals surface area contributed by atoms with Gasteiger partial charge in [-0.3, -0.25) is 15.1 Å². The zero-order valence-corrected chi connectivity index (χ0v) is 10.8. The van der Waals surface area contributed by atoms with Crippen LogP contribution in [0, 0.1) is 21.4 Å². The van der Waals surface area contributed by atoms with Gasteiger partial charge in [-0.1, -0.05) is 6.07 Å². The van der Waals surface area contributed by atoms with E-state index in [0.717, 1.165) is 11.3 Å². The summed E-state index contributed by atoms with van der Waals surface area (Å²) in [5.41, 5.74) is 2.81. The second kappa shape index (κ2) is 5.76. The molecular formula is C15H11N3O2. The number of nitriles is 1. The monoisotopic (exact) mass is 265 g/mol. The Morgan fingerprint density at radius 1 is 1.25 bits per heavy atom. The number of benzene rings is 2. The van der Waals surface area contributed by atoms with Crippen LogP contribution < -0.4 is 0 Å². The summed E-state index contributed by atoms with van der Waals surface area (Å²) in [7, 11) is 0. The number of hydrogen-bond donors (Lipinski definition) is 0. The van der Waals surface area contributed by atoms with Crippen molar-refractivity contribution in [3.8, 4) is 6.07 Å². The molecule has 0 N–H and O–H groups in total. The van der Waals surface area contributed by atoms with E-state index < -0.39 is 4.92 Å². The van der Waals surface area contributed by atoms with Crippen molar-refractivity contribution < 1.29 is 4.92 Å². The Bertz CT molecular complexity index is 713. The summed E-state index contributed by atoms with van der Waals surface area (Å²) in [6.45, 7) is 1.82. The number of non-ortho nitro benzene ring substituents is 1. The molecule has 0 bridgehead atoms. The maximum Gasteiger partial charge on any atom is 0.269 e. The molecule has 0 unspecified atom stereocenters. The highest BCUT2D eigenvalue weighted by Gasteiger charge is 2.05. The number of nitro benzene ring substituents is 1. The van der Waals surface area contributed by atoms with Crippen molar-refractivity contribution in [3.63, 3.8) is 0 Å². The Hall–Kier alpha value is -3.00. The minimum atomic E-state index is -0.438. The molecular weight excluding hydrogens is 254 g/mol. The summed E-state index contributed by atoms with van der Waals surface area (Å²) in [6.07, 6.45) is 0. The molecule has 0 amide bonds. The van der Waals surface area contributed by atoms with Crippen molar-refractivity contribution in [1.29, 1.82) is 5.26 Å². The predicted molar refractivity (Wildman–Crippen MR) is 76.1 cm³/mol. The van der Waals surface area contributed by atoms with Crippen molar-refractivity contribution in [3.05, 3.63) is 69.8 Å². The number of hydrogen-bond acceptors (Lipinski definition) is 4. The van der Waals surface area contributed by atoms with Crippen LogP contribution >= 0.6 is 0 Å². The summed E-state index contributed by atoms with van der Waals surface area (Å²) in [5, 5.41) is 19.4. The van der Waals surface area contributed by atoms with E-state index in [2.05, 4.69) is 11.1 Å². The van der Waals surface area contributed by atoms with E-state index in [1.165, 1.54) is 12.1 Å². The zero-order chi connectivity index (χ0) is 14.5. The normalized spacial score (nSPS) is 10.9. The average molecular weight is 265 g/mol. The fourth-order valence-corrected chi connectivity index (χ4v) is 1.73. The third-order valence-corrected chi connectivity index (χ3v) is 2.77. The van der Waals surface area contributed by atoms with Gasteiger partial charge in [0.05, 0.1) is 22.2 Å². The Morgan fingerprint density at radius 2 is 1.95 bits per heavy atom. The first-order valence-electron chi connectivity index (χ1n) is 5.90. The minimum absolute atomic E-state index is 0.0491. The van der Waals surface area contributed by atoms with E-state index in [4.69, 9.17) is 5.26 Å². The largest absolute Gasteiger partial charge is 0.269 e. The number of nitro groups is 1. The first-order valence-corrected chi connectivity index (χ1v) is 5.90. The van der Waals surface area contributed by atoms with Crippen LogP contribution in [0.25, 0.3) is 0 Å². The SMILES string of the molecule is CC(=Nc1cccc(C#N)c1)c1ccc([N+](=O)[O-])cc1. The van der Waals surface area contributed by atoms with Crippen LogP contribution in [0.4, 0.5) is 11.4 Å². The molecule has 0 fully saturated rings. The average Bonchev–Trinajstić information content (AvgIpc) is 2.47. The molecule has 2 rings (SSSR count). The smallest absolute Gasteiger partial charge is 0.258 e. The predicted octanol–water partition coefficient (Wildman–Crippen LogP) is 3.61. The maximum absolute atomic E-state index is 10.6. The Morgan fingerprint density at radius 3 is 2.55 bits per heavy atom. The second-order valence-electron chi connectivity index (χ2n) is 4.16. The van der Waals surface area contributed by atoms with Crippen LogP contribution in [-0.4, -0.2) is 10.6 Å². The van der Waals surface area contributed by atoms with Crippen molar-refractivity contribution in [2.75, 3.05) is 0 Å². The quantitative estimate of drug-likeness (QED) is 0.483. The molecule has 0 aliphatic carbocycles. The fraction of sp³-hybridized carbons (Fsp3) is 0.0667. The highest BCUT2D eigenvalue weighted by Crippen LogP contribution is 2.17. The van der Waals surface area contributed by atoms with Gasteiger partial charge in [0.1, 0.15) is 0 Å². The lowest BCUT2D eigenvalue weighted by atomic mass is 10.1. The maximum atomic E-state index is 10.6. The fourth-order valence-electron chi connectivity index (χ4n) is 1.73. The third kappa shape index (κ3) is 3.06. The highest BCUT2D eigenvalue weighted by molar-refractivity contribution is 6.00. The molecule has 0 saturated carbocycles. The molecule has 20 heavy (non-hydrogen) atoms. The lowest BCUT2D eigenvalue weighted by molar-refractivity contribution is -0.384. The number of rotatable bonds is 3. The van der Waals surface area contributed by atoms with E-state index in [1.807, 2.05) is 6.92 Å². The molecule has 0 heterocycles. The summed E-state index contributed by atoms with van der Waals surface area (Å²) in [6, 6.07) is 15.2. The molecule has 0 saturated heterocycles. The van der Waals surface area contributed by atoms with Gasteiger partial charge in [-0.25, -0.2) is 0 Å². The highest BCUT2D eigenvalue weighted by atomic mass is 16.6. The van der Waals surface area contributed by atoms with Gasteiger partial charge >= 0.3 is 0 Å². The van der Waals surface area contributed by atoms with E-state index in [1.54, 1.807) is 36.4 Å². The molecule has 0 spiro atoms. The van der Waals surface area contributed by atoms with Gasteiger partial charge < -0.3 is 0 Å². The van der Waals surface area contributed by atoms with E-state index in [9.17, 15) is 10.1 Å². The van der Waals surface area contributed by atoms with Crippen LogP contribution in [0.15, 0.2) is 53.5 Å². The van der Waals surface area contributed by atoms with Gasteiger partial charge in [0, 0.05) is 17.8 Å². The molecule has 5 heteroatoms. The van der Waals surface area contributed by atoms with Gasteiger partial charge in [-0.2, -0.15) is 5.26 Å². The summed E-state index contributed by atoms with van der Waals surface area (Å²) in [4.78, 5) is 14.6. The Kier molecular flexibility index (Phi) is 3.87. The summed E-state index contributed by atoms with van der Waals surface area (Å²) in [5.74, 6) is 0. The molecule has 2 aromatic carbocycles. The van der Waals surface area contributed by atoms with Gasteiger partial charge in [-0.05, 0) is 42.8 Å². The minimum Gasteiger partial charge on any atom is -0.258 e. The van der Waals surface area contributed by atoms with Gasteiger partial charge in [0.15, 0.2) is 0 Å². The zero-order valence-electron chi connectivity index (χ0n) is 10.8. The second-order valence-corrected chi connectivity index (χ2v) is 4.16. The molecule has 0 aliphatic heterocycles. The van der Waals surface area contributed by atoms with Gasteiger partial charge in [0.25, 0.3) is 5.69 Å². The van der Waals surface area contributed by atoms with Crippen LogP contribution in [0.1, 0.15) is 18.1 Å². The molecule has 0 radical (unpaired) electrons. The van der Waals surface area contributed by atoms with E-state index in [-0.39, 0.29) is 5.69 Å². The molecule has 5 nitrogen and oxygen atoms in total. The third-order valence-electron chi connectivity index (χ3n) is 2.77. The summed E-state index contributed by atoms with van der Waals surface area (Å²) >= 11 is 0. The van der Waals surface area contributed by atoms with Gasteiger partial charge in [-0.15, -0.1) is 0 Å². The summed E-state index contributed by atoms with van der Waals surface area (Å²) < 4.78 is 0. The standard InChI is InChI=1S/C15H11N3O2/c1-11(13-5-7-15(8-6-13)18(19)20)17-14-4-2-3-12(9-14)10-16/h2-9H,1H3. The van der Waals surface area contributed by atoms with Crippen LogP contribution in [0.2, 0.25) is 0 Å². The topological polar surface area (TPSA) is 79.3 Å². The first-order chi connectivity index (χ1) is 9.60. The lowest BCUT2D eigenvalue weighted by Crippen LogP contribution is -1.95. The molecule has 0 aromatic heterocycles. The van der Waals surface area contributed by atoms with Crippen LogP contribution in [0.5, 0.6) is 0 Å². The van der Waals surface area contributed by atoms with Gasteiger partial charge in [0.2, 0.25) is 0 Å². The van der Waals surface area contributed by atoms with Crippen molar-refractivity contribution in [2.45, 2.75) is 6.92 Å². The van der Waals surface area contributed by atoms with Crippen molar-refractivity contribution >= 4 is 17.1 Å². The van der Waals surface area contributed by atoms with Crippen LogP contribution in [0.3, 0.4) is 0 Å². The number of nitrogens with zero attached hydrogens (tertiary/aromatic N) is 3. The molecule has 98 valence electrons. The number of aliphatic imine (C=N–C) groups is 1. The molecule has 0 atom stereocenters. The van der Waals surface area contributed by atoms with E-state index >= 15 is 0 Å². The molecule has 0 aliphatic rings. The van der Waals surface area contributed by atoms with Crippen molar-refractivity contribution in [1.82, 2.24) is 0 Å². The Balaban J connectivity index is 2.30. The van der Waals surface area contributed by atoms with Crippen LogP contribution in [-0.2, 0) is 0 Å².